The van der Waals surface area contributed by atoms with E-state index in [2.05, 4.69) is 5.32 Å². The molecule has 2 aromatic rings. The van der Waals surface area contributed by atoms with Crippen molar-refractivity contribution in [3.63, 3.8) is 0 Å². The molecule has 1 aliphatic heterocycles. The highest BCUT2D eigenvalue weighted by Gasteiger charge is 2.39. The van der Waals surface area contributed by atoms with Gasteiger partial charge in [0.2, 0.25) is 0 Å². The van der Waals surface area contributed by atoms with Gasteiger partial charge in [0.25, 0.3) is 11.8 Å². The first-order valence-corrected chi connectivity index (χ1v) is 9.83. The first-order valence-electron chi connectivity index (χ1n) is 9.46. The molecule has 0 fully saturated rings. The van der Waals surface area contributed by atoms with Gasteiger partial charge in [-0.25, -0.2) is 9.69 Å². The number of rotatable bonds is 8. The quantitative estimate of drug-likeness (QED) is 0.490. The normalized spacial score (nSPS) is 13.5. The van der Waals surface area contributed by atoms with Gasteiger partial charge in [-0.2, -0.15) is 0 Å². The summed E-state index contributed by atoms with van der Waals surface area (Å²) in [6, 6.07) is 10.9. The van der Waals surface area contributed by atoms with Gasteiger partial charge >= 0.3 is 5.97 Å². The molecule has 3 rings (SSSR count). The third-order valence-electron chi connectivity index (χ3n) is 4.49. The van der Waals surface area contributed by atoms with Gasteiger partial charge in [-0.05, 0) is 42.8 Å². The summed E-state index contributed by atoms with van der Waals surface area (Å²) in [5.41, 5.74) is 0.949. The standard InChI is InChI=1S/C22H21ClN2O6/c1-4-11-31-22(28)13-5-7-14(8-6-13)25-20(26)18(23)19(21(25)27)24-16-10-9-15(29-2)12-17(16)30-3/h5-10,12,24H,4,11H2,1-3H3. The topological polar surface area (TPSA) is 94.2 Å². The van der Waals surface area contributed by atoms with Gasteiger partial charge in [0.1, 0.15) is 22.2 Å². The number of esters is 1. The number of benzene rings is 2. The molecule has 1 N–H and O–H groups in total. The molecule has 0 aliphatic carbocycles. The van der Waals surface area contributed by atoms with Crippen LogP contribution in [0.2, 0.25) is 0 Å². The lowest BCUT2D eigenvalue weighted by molar-refractivity contribution is -0.120. The summed E-state index contributed by atoms with van der Waals surface area (Å²) in [5.74, 6) is -0.810. The molecular formula is C22H21ClN2O6. The van der Waals surface area contributed by atoms with Crippen LogP contribution >= 0.6 is 11.6 Å². The van der Waals surface area contributed by atoms with Crippen LogP contribution in [0.1, 0.15) is 23.7 Å². The number of anilines is 2. The van der Waals surface area contributed by atoms with Gasteiger partial charge in [0.05, 0.1) is 37.8 Å². The summed E-state index contributed by atoms with van der Waals surface area (Å²) in [4.78, 5) is 38.5. The van der Waals surface area contributed by atoms with Gasteiger partial charge < -0.3 is 19.5 Å². The summed E-state index contributed by atoms with van der Waals surface area (Å²) in [6.07, 6.45) is 0.708. The van der Waals surface area contributed by atoms with Crippen LogP contribution in [0.5, 0.6) is 11.5 Å². The molecule has 0 bridgehead atoms. The third kappa shape index (κ3) is 4.49. The molecule has 0 saturated heterocycles. The van der Waals surface area contributed by atoms with Crippen molar-refractivity contribution in [2.45, 2.75) is 13.3 Å². The van der Waals surface area contributed by atoms with E-state index in [0.29, 0.717) is 35.8 Å². The zero-order valence-corrected chi connectivity index (χ0v) is 18.0. The van der Waals surface area contributed by atoms with E-state index in [-0.39, 0.29) is 16.4 Å². The average Bonchev–Trinajstić information content (AvgIpc) is 3.00. The molecule has 8 nitrogen and oxygen atoms in total. The van der Waals surface area contributed by atoms with Gasteiger partial charge in [-0.3, -0.25) is 9.59 Å². The van der Waals surface area contributed by atoms with Gasteiger partial charge in [0.15, 0.2) is 0 Å². The van der Waals surface area contributed by atoms with Crippen LogP contribution in [0.25, 0.3) is 0 Å². The molecule has 0 radical (unpaired) electrons. The Kier molecular flexibility index (Phi) is 6.81. The zero-order valence-electron chi connectivity index (χ0n) is 17.2. The van der Waals surface area contributed by atoms with Crippen LogP contribution in [0.3, 0.4) is 0 Å². The predicted octanol–water partition coefficient (Wildman–Crippen LogP) is 3.71. The maximum Gasteiger partial charge on any atom is 0.338 e. The first-order chi connectivity index (χ1) is 14.9. The van der Waals surface area contributed by atoms with Crippen molar-refractivity contribution in [1.82, 2.24) is 0 Å². The van der Waals surface area contributed by atoms with E-state index in [0.717, 1.165) is 4.90 Å². The Morgan fingerprint density at radius 3 is 2.35 bits per heavy atom. The number of carbonyl (C=O) groups excluding carboxylic acids is 3. The van der Waals surface area contributed by atoms with E-state index in [1.807, 2.05) is 6.92 Å². The lowest BCUT2D eigenvalue weighted by Crippen LogP contribution is -2.32. The second kappa shape index (κ2) is 9.53. The first kappa shape index (κ1) is 22.2. The highest BCUT2D eigenvalue weighted by molar-refractivity contribution is 6.53. The Morgan fingerprint density at radius 1 is 1.03 bits per heavy atom. The lowest BCUT2D eigenvalue weighted by atomic mass is 10.2. The second-order valence-electron chi connectivity index (χ2n) is 6.51. The summed E-state index contributed by atoms with van der Waals surface area (Å²) in [6.45, 7) is 2.21. The second-order valence-corrected chi connectivity index (χ2v) is 6.89. The molecule has 0 spiro atoms. The number of nitrogens with one attached hydrogen (secondary N) is 1. The molecule has 1 heterocycles. The van der Waals surface area contributed by atoms with Crippen molar-refractivity contribution in [2.24, 2.45) is 0 Å². The number of hydrogen-bond donors (Lipinski definition) is 1. The number of hydrogen-bond acceptors (Lipinski definition) is 7. The number of nitrogens with zero attached hydrogens (tertiary/aromatic N) is 1. The number of carbonyl (C=O) groups is 3. The Hall–Kier alpha value is -3.52. The van der Waals surface area contributed by atoms with Gasteiger partial charge in [0, 0.05) is 6.07 Å². The number of methoxy groups -OCH3 is 2. The number of ether oxygens (including phenoxy) is 3. The molecule has 31 heavy (non-hydrogen) atoms. The largest absolute Gasteiger partial charge is 0.497 e. The SMILES string of the molecule is CCCOC(=O)c1ccc(N2C(=O)C(Cl)=C(Nc3ccc(OC)cc3OC)C2=O)cc1. The molecule has 162 valence electrons. The Labute approximate surface area is 184 Å². The van der Waals surface area contributed by atoms with Gasteiger partial charge in [-0.1, -0.05) is 18.5 Å². The number of amides is 2. The van der Waals surface area contributed by atoms with Crippen LogP contribution in [0.15, 0.2) is 53.2 Å². The third-order valence-corrected chi connectivity index (χ3v) is 4.84. The molecular weight excluding hydrogens is 424 g/mol. The average molecular weight is 445 g/mol. The Bertz CT molecular complexity index is 1050. The summed E-state index contributed by atoms with van der Waals surface area (Å²) >= 11 is 6.18. The van der Waals surface area contributed by atoms with Crippen LogP contribution in [0, 0.1) is 0 Å². The minimum atomic E-state index is -0.678. The maximum atomic E-state index is 13.0. The molecule has 9 heteroatoms. The van der Waals surface area contributed by atoms with Crippen molar-refractivity contribution in [3.8, 4) is 11.5 Å². The molecule has 1 aliphatic rings. The maximum absolute atomic E-state index is 13.0. The fourth-order valence-corrected chi connectivity index (χ4v) is 3.12. The van der Waals surface area contributed by atoms with Crippen LogP contribution in [-0.4, -0.2) is 38.6 Å². The lowest BCUT2D eigenvalue weighted by Gasteiger charge is -2.16. The zero-order chi connectivity index (χ0) is 22.5. The highest BCUT2D eigenvalue weighted by Crippen LogP contribution is 2.34. The minimum Gasteiger partial charge on any atom is -0.497 e. The van der Waals surface area contributed by atoms with E-state index < -0.39 is 17.8 Å². The monoisotopic (exact) mass is 444 g/mol. The van der Waals surface area contributed by atoms with Crippen molar-refractivity contribution >= 4 is 40.8 Å². The van der Waals surface area contributed by atoms with Crippen molar-refractivity contribution in [1.29, 1.82) is 0 Å². The molecule has 2 aromatic carbocycles. The van der Waals surface area contributed by atoms with E-state index in [4.69, 9.17) is 25.8 Å². The molecule has 0 unspecified atom stereocenters. The number of imide groups is 1. The summed E-state index contributed by atoms with van der Waals surface area (Å²) in [5, 5.41) is 2.62. The summed E-state index contributed by atoms with van der Waals surface area (Å²) in [7, 11) is 2.99. The highest BCUT2D eigenvalue weighted by atomic mass is 35.5. The number of halogens is 1. The Morgan fingerprint density at radius 2 is 1.74 bits per heavy atom. The molecule has 2 amide bonds. The van der Waals surface area contributed by atoms with Crippen molar-refractivity contribution < 1.29 is 28.6 Å². The smallest absolute Gasteiger partial charge is 0.338 e. The van der Waals surface area contributed by atoms with E-state index in [1.54, 1.807) is 18.2 Å². The fourth-order valence-electron chi connectivity index (χ4n) is 2.91. The predicted molar refractivity (Wildman–Crippen MR) is 116 cm³/mol. The van der Waals surface area contributed by atoms with Crippen molar-refractivity contribution in [2.75, 3.05) is 31.0 Å². The molecule has 0 aromatic heterocycles. The van der Waals surface area contributed by atoms with Crippen molar-refractivity contribution in [3.05, 3.63) is 58.8 Å². The van der Waals surface area contributed by atoms with Crippen LogP contribution in [0.4, 0.5) is 11.4 Å². The molecule has 0 saturated carbocycles. The summed E-state index contributed by atoms with van der Waals surface area (Å²) < 4.78 is 15.5. The van der Waals surface area contributed by atoms with E-state index >= 15 is 0 Å². The Balaban J connectivity index is 1.82. The van der Waals surface area contributed by atoms with Gasteiger partial charge in [-0.15, -0.1) is 0 Å². The molecule has 0 atom stereocenters. The van der Waals surface area contributed by atoms with E-state index in [9.17, 15) is 14.4 Å². The van der Waals surface area contributed by atoms with E-state index in [1.165, 1.54) is 38.5 Å². The van der Waals surface area contributed by atoms with Crippen LogP contribution < -0.4 is 19.7 Å². The fraction of sp³-hybridized carbons (Fsp3) is 0.227. The minimum absolute atomic E-state index is 0.0819. The van der Waals surface area contributed by atoms with Crippen LogP contribution in [-0.2, 0) is 14.3 Å².